The molecule has 2 aromatic carbocycles. The van der Waals surface area contributed by atoms with Gasteiger partial charge in [0.25, 0.3) is 5.91 Å². The Morgan fingerprint density at radius 3 is 2.27 bits per heavy atom. The lowest BCUT2D eigenvalue weighted by atomic mass is 10.2. The summed E-state index contributed by atoms with van der Waals surface area (Å²) in [7, 11) is -3.65. The predicted octanol–water partition coefficient (Wildman–Crippen LogP) is 3.99. The minimum atomic E-state index is -3.65. The van der Waals surface area contributed by atoms with Gasteiger partial charge in [-0.2, -0.15) is 0 Å². The third kappa shape index (κ3) is 3.97. The van der Waals surface area contributed by atoms with E-state index in [9.17, 15) is 17.6 Å². The number of halogens is 1. The van der Waals surface area contributed by atoms with E-state index in [0.717, 1.165) is 16.9 Å². The van der Waals surface area contributed by atoms with E-state index >= 15 is 0 Å². The quantitative estimate of drug-likeness (QED) is 0.611. The van der Waals surface area contributed by atoms with Crippen LogP contribution in [0.15, 0.2) is 69.8 Å². The van der Waals surface area contributed by atoms with Crippen molar-refractivity contribution in [2.75, 3.05) is 31.1 Å². The maximum absolute atomic E-state index is 14.0. The Kier molecular flexibility index (Phi) is 5.62. The highest BCUT2D eigenvalue weighted by atomic mass is 32.2. The van der Waals surface area contributed by atoms with Gasteiger partial charge in [-0.25, -0.2) is 12.8 Å². The largest absolute Gasteiger partial charge is 0.366 e. The number of hydrogen-bond acceptors (Lipinski definition) is 5. The van der Waals surface area contributed by atoms with Gasteiger partial charge in [-0.05, 0) is 43.3 Å². The van der Waals surface area contributed by atoms with Crippen LogP contribution in [0.1, 0.15) is 15.2 Å². The van der Waals surface area contributed by atoms with Gasteiger partial charge in [-0.3, -0.25) is 4.79 Å². The van der Waals surface area contributed by atoms with E-state index in [1.165, 1.54) is 12.1 Å². The van der Waals surface area contributed by atoms with Crippen molar-refractivity contribution in [3.8, 4) is 0 Å². The molecule has 0 N–H and O–H groups in total. The summed E-state index contributed by atoms with van der Waals surface area (Å²) in [4.78, 5) is 17.1. The van der Waals surface area contributed by atoms with Crippen molar-refractivity contribution in [2.45, 2.75) is 16.0 Å². The molecule has 2 heterocycles. The molecule has 1 amide bonds. The van der Waals surface area contributed by atoms with Crippen LogP contribution in [0.2, 0.25) is 0 Å². The number of hydrogen-bond donors (Lipinski definition) is 0. The minimum absolute atomic E-state index is 0.152. The highest BCUT2D eigenvalue weighted by Gasteiger charge is 2.27. The zero-order valence-corrected chi connectivity index (χ0v) is 18.0. The van der Waals surface area contributed by atoms with Gasteiger partial charge in [-0.15, -0.1) is 11.3 Å². The molecule has 1 aromatic heterocycles. The summed E-state index contributed by atoms with van der Waals surface area (Å²) in [6.07, 6.45) is 0. The molecule has 1 saturated heterocycles. The Morgan fingerprint density at radius 1 is 0.933 bits per heavy atom. The van der Waals surface area contributed by atoms with Gasteiger partial charge < -0.3 is 9.80 Å². The molecule has 156 valence electrons. The molecular weight excluding hydrogens is 423 g/mol. The van der Waals surface area contributed by atoms with Gasteiger partial charge in [0.05, 0.1) is 15.5 Å². The average molecular weight is 445 g/mol. The maximum Gasteiger partial charge on any atom is 0.264 e. The molecule has 5 nitrogen and oxygen atoms in total. The third-order valence-corrected chi connectivity index (χ3v) is 8.48. The van der Waals surface area contributed by atoms with E-state index < -0.39 is 9.84 Å². The second kappa shape index (κ2) is 8.20. The van der Waals surface area contributed by atoms with Crippen LogP contribution >= 0.6 is 11.3 Å². The number of rotatable bonds is 4. The molecule has 0 saturated carbocycles. The highest BCUT2D eigenvalue weighted by molar-refractivity contribution is 7.93. The molecule has 0 aliphatic carbocycles. The monoisotopic (exact) mass is 444 g/mol. The van der Waals surface area contributed by atoms with E-state index in [1.54, 1.807) is 53.4 Å². The van der Waals surface area contributed by atoms with Crippen molar-refractivity contribution in [2.24, 2.45) is 0 Å². The average Bonchev–Trinajstić information content (AvgIpc) is 3.25. The van der Waals surface area contributed by atoms with Crippen LogP contribution in [0.4, 0.5) is 10.1 Å². The molecule has 3 aromatic rings. The zero-order chi connectivity index (χ0) is 21.3. The highest BCUT2D eigenvalue weighted by Crippen LogP contribution is 2.29. The van der Waals surface area contributed by atoms with Gasteiger partial charge in [-0.1, -0.05) is 29.8 Å². The third-order valence-electron chi connectivity index (χ3n) is 5.15. The number of aryl methyl sites for hydroxylation is 1. The summed E-state index contributed by atoms with van der Waals surface area (Å²) < 4.78 is 39.8. The molecule has 0 spiro atoms. The summed E-state index contributed by atoms with van der Waals surface area (Å²) in [6, 6.07) is 16.3. The Labute approximate surface area is 179 Å². The number of amides is 1. The van der Waals surface area contributed by atoms with E-state index in [0.29, 0.717) is 36.7 Å². The van der Waals surface area contributed by atoms with Crippen LogP contribution in [0.3, 0.4) is 0 Å². The Morgan fingerprint density at radius 2 is 1.60 bits per heavy atom. The molecular formula is C22H21FN2O3S2. The Hall–Kier alpha value is -2.71. The van der Waals surface area contributed by atoms with Crippen molar-refractivity contribution >= 4 is 32.8 Å². The van der Waals surface area contributed by atoms with E-state index in [1.807, 2.05) is 11.8 Å². The fourth-order valence-electron chi connectivity index (χ4n) is 3.43. The first kappa shape index (κ1) is 20.6. The van der Waals surface area contributed by atoms with Crippen molar-refractivity contribution in [3.05, 3.63) is 76.9 Å². The van der Waals surface area contributed by atoms with Gasteiger partial charge >= 0.3 is 0 Å². The molecule has 4 rings (SSSR count). The summed E-state index contributed by atoms with van der Waals surface area (Å²) in [5.41, 5.74) is 1.51. The molecule has 8 heteroatoms. The van der Waals surface area contributed by atoms with Gasteiger partial charge in [0, 0.05) is 26.2 Å². The fourth-order valence-corrected chi connectivity index (χ4v) is 6.10. The molecule has 1 aliphatic rings. The lowest BCUT2D eigenvalue weighted by Gasteiger charge is -2.36. The van der Waals surface area contributed by atoms with E-state index in [4.69, 9.17) is 0 Å². The SMILES string of the molecule is Cc1ccc(S(=O)(=O)c2ccc(C(=O)N3CCN(c4ccccc4F)CC3)s2)cc1. The first-order valence-electron chi connectivity index (χ1n) is 9.56. The summed E-state index contributed by atoms with van der Waals surface area (Å²) >= 11 is 0.987. The summed E-state index contributed by atoms with van der Waals surface area (Å²) in [6.45, 7) is 3.83. The van der Waals surface area contributed by atoms with Crippen LogP contribution in [0.25, 0.3) is 0 Å². The topological polar surface area (TPSA) is 57.7 Å². The molecule has 30 heavy (non-hydrogen) atoms. The van der Waals surface area contributed by atoms with Crippen molar-refractivity contribution in [1.29, 1.82) is 0 Å². The van der Waals surface area contributed by atoms with Crippen LogP contribution in [0, 0.1) is 12.7 Å². The number of para-hydroxylation sites is 1. The predicted molar refractivity (Wildman–Crippen MR) is 115 cm³/mol. The molecule has 0 unspecified atom stereocenters. The maximum atomic E-state index is 14.0. The minimum Gasteiger partial charge on any atom is -0.366 e. The van der Waals surface area contributed by atoms with Crippen LogP contribution in [-0.4, -0.2) is 45.4 Å². The van der Waals surface area contributed by atoms with Gasteiger partial charge in [0.1, 0.15) is 10.0 Å². The normalized spacial score (nSPS) is 14.7. The summed E-state index contributed by atoms with van der Waals surface area (Å²) in [5.74, 6) is -0.472. The first-order valence-corrected chi connectivity index (χ1v) is 11.9. The van der Waals surface area contributed by atoms with Crippen LogP contribution in [-0.2, 0) is 9.84 Å². The van der Waals surface area contributed by atoms with Crippen molar-refractivity contribution < 1.29 is 17.6 Å². The van der Waals surface area contributed by atoms with E-state index in [-0.39, 0.29) is 20.8 Å². The smallest absolute Gasteiger partial charge is 0.264 e. The zero-order valence-electron chi connectivity index (χ0n) is 16.4. The lowest BCUT2D eigenvalue weighted by molar-refractivity contribution is 0.0751. The number of carbonyl (C=O) groups excluding carboxylic acids is 1. The number of sulfone groups is 1. The molecule has 0 atom stereocenters. The van der Waals surface area contributed by atoms with Crippen LogP contribution in [0.5, 0.6) is 0 Å². The fraction of sp³-hybridized carbons (Fsp3) is 0.227. The summed E-state index contributed by atoms with van der Waals surface area (Å²) in [5, 5.41) is 0. The Bertz CT molecular complexity index is 1170. The molecule has 0 bridgehead atoms. The standard InChI is InChI=1S/C22H21FN2O3S2/c1-16-6-8-17(9-7-16)30(27,28)21-11-10-20(29-21)22(26)25-14-12-24(13-15-25)19-5-3-2-4-18(19)23/h2-11H,12-15H2,1H3. The van der Waals surface area contributed by atoms with Gasteiger partial charge in [0.15, 0.2) is 0 Å². The van der Waals surface area contributed by atoms with E-state index in [2.05, 4.69) is 0 Å². The number of benzene rings is 2. The van der Waals surface area contributed by atoms with Crippen molar-refractivity contribution in [3.63, 3.8) is 0 Å². The number of carbonyl (C=O) groups is 1. The first-order chi connectivity index (χ1) is 14.4. The molecule has 1 fully saturated rings. The second-order valence-electron chi connectivity index (χ2n) is 7.17. The number of nitrogens with zero attached hydrogens (tertiary/aromatic N) is 2. The Balaban J connectivity index is 1.46. The number of piperazine rings is 1. The van der Waals surface area contributed by atoms with Gasteiger partial charge in [0.2, 0.25) is 9.84 Å². The molecule has 0 radical (unpaired) electrons. The molecule has 1 aliphatic heterocycles. The lowest BCUT2D eigenvalue weighted by Crippen LogP contribution is -2.48. The number of anilines is 1. The van der Waals surface area contributed by atoms with Crippen LogP contribution < -0.4 is 4.90 Å². The second-order valence-corrected chi connectivity index (χ2v) is 10.4. The number of thiophene rings is 1. The van der Waals surface area contributed by atoms with Crippen molar-refractivity contribution in [1.82, 2.24) is 4.90 Å².